The topological polar surface area (TPSA) is 44.4 Å². The number of hydrogen-bond donors (Lipinski definition) is 2. The largest absolute Gasteiger partial charge is 0.338 e. The number of urea groups is 1. The van der Waals surface area contributed by atoms with Gasteiger partial charge in [0.1, 0.15) is 0 Å². The number of amides is 2. The van der Waals surface area contributed by atoms with Gasteiger partial charge in [0, 0.05) is 13.1 Å². The van der Waals surface area contributed by atoms with Crippen LogP contribution < -0.4 is 10.6 Å². The molecule has 0 aromatic heterocycles. The highest BCUT2D eigenvalue weighted by molar-refractivity contribution is 5.73. The molecule has 1 saturated heterocycles. The molecular formula is C13H27N3O. The third-order valence-corrected chi connectivity index (χ3v) is 3.35. The highest BCUT2D eigenvalue weighted by atomic mass is 16.2. The molecule has 17 heavy (non-hydrogen) atoms. The van der Waals surface area contributed by atoms with Gasteiger partial charge in [-0.25, -0.2) is 4.79 Å². The summed E-state index contributed by atoms with van der Waals surface area (Å²) in [5.74, 6) is 0.893. The second-order valence-corrected chi connectivity index (χ2v) is 5.06. The number of piperidine rings is 1. The van der Waals surface area contributed by atoms with E-state index in [9.17, 15) is 4.79 Å². The van der Waals surface area contributed by atoms with Crippen molar-refractivity contribution in [2.75, 3.05) is 32.7 Å². The number of hydrogen-bond acceptors (Lipinski definition) is 2. The number of nitrogens with one attached hydrogen (secondary N) is 2. The molecule has 0 aromatic rings. The van der Waals surface area contributed by atoms with Crippen LogP contribution >= 0.6 is 0 Å². The smallest absolute Gasteiger partial charge is 0.314 e. The Labute approximate surface area is 105 Å². The molecule has 1 aliphatic heterocycles. The van der Waals surface area contributed by atoms with E-state index < -0.39 is 0 Å². The van der Waals surface area contributed by atoms with Crippen molar-refractivity contribution < 1.29 is 4.79 Å². The molecule has 0 saturated carbocycles. The molecule has 1 rings (SSSR count). The SMILES string of the molecule is CCCNC(=O)NCCCN1CCC(C)CC1. The highest BCUT2D eigenvalue weighted by Crippen LogP contribution is 2.15. The van der Waals surface area contributed by atoms with Crippen molar-refractivity contribution in [3.05, 3.63) is 0 Å². The van der Waals surface area contributed by atoms with E-state index in [1.54, 1.807) is 0 Å². The van der Waals surface area contributed by atoms with Gasteiger partial charge in [0.15, 0.2) is 0 Å². The van der Waals surface area contributed by atoms with Crippen molar-refractivity contribution in [2.24, 2.45) is 5.92 Å². The van der Waals surface area contributed by atoms with E-state index in [-0.39, 0.29) is 6.03 Å². The lowest BCUT2D eigenvalue weighted by Gasteiger charge is -2.30. The lowest BCUT2D eigenvalue weighted by molar-refractivity contribution is 0.190. The molecule has 4 heteroatoms. The maximum Gasteiger partial charge on any atom is 0.314 e. The van der Waals surface area contributed by atoms with Crippen molar-refractivity contribution in [2.45, 2.75) is 39.5 Å². The molecule has 2 N–H and O–H groups in total. The molecule has 0 aliphatic carbocycles. The predicted molar refractivity (Wildman–Crippen MR) is 71.1 cm³/mol. The van der Waals surface area contributed by atoms with E-state index in [0.717, 1.165) is 38.4 Å². The average Bonchev–Trinajstić information content (AvgIpc) is 2.34. The van der Waals surface area contributed by atoms with E-state index in [1.807, 2.05) is 0 Å². The van der Waals surface area contributed by atoms with Crippen molar-refractivity contribution in [1.82, 2.24) is 15.5 Å². The molecule has 0 radical (unpaired) electrons. The Hall–Kier alpha value is -0.770. The van der Waals surface area contributed by atoms with Crippen molar-refractivity contribution in [3.8, 4) is 0 Å². The second kappa shape index (κ2) is 8.34. The minimum absolute atomic E-state index is 0.0286. The molecule has 1 fully saturated rings. The summed E-state index contributed by atoms with van der Waals surface area (Å²) in [5.41, 5.74) is 0. The summed E-state index contributed by atoms with van der Waals surface area (Å²) in [6.45, 7) is 9.49. The normalized spacial score (nSPS) is 18.0. The Kier molecular flexibility index (Phi) is 7.01. The molecule has 100 valence electrons. The van der Waals surface area contributed by atoms with Gasteiger partial charge in [-0.05, 0) is 51.2 Å². The van der Waals surface area contributed by atoms with Crippen LogP contribution in [0.3, 0.4) is 0 Å². The van der Waals surface area contributed by atoms with Crippen LogP contribution in [-0.4, -0.2) is 43.7 Å². The van der Waals surface area contributed by atoms with Crippen molar-refractivity contribution in [1.29, 1.82) is 0 Å². The van der Waals surface area contributed by atoms with E-state index in [2.05, 4.69) is 29.4 Å². The Bertz CT molecular complexity index is 213. The molecule has 0 atom stereocenters. The molecular weight excluding hydrogens is 214 g/mol. The first-order chi connectivity index (χ1) is 8.22. The third kappa shape index (κ3) is 6.51. The van der Waals surface area contributed by atoms with Crippen LogP contribution in [0.25, 0.3) is 0 Å². The third-order valence-electron chi connectivity index (χ3n) is 3.35. The zero-order valence-electron chi connectivity index (χ0n) is 11.3. The molecule has 0 unspecified atom stereocenters. The standard InChI is InChI=1S/C13H27N3O/c1-3-7-14-13(17)15-8-4-9-16-10-5-12(2)6-11-16/h12H,3-11H2,1-2H3,(H2,14,15,17). The van der Waals surface area contributed by atoms with Gasteiger partial charge in [0.2, 0.25) is 0 Å². The minimum Gasteiger partial charge on any atom is -0.338 e. The van der Waals surface area contributed by atoms with E-state index in [0.29, 0.717) is 0 Å². The Balaban J connectivity index is 1.95. The first-order valence-corrected chi connectivity index (χ1v) is 6.96. The predicted octanol–water partition coefficient (Wildman–Crippen LogP) is 1.82. The molecule has 1 aliphatic rings. The number of carbonyl (C=O) groups excluding carboxylic acids is 1. The lowest BCUT2D eigenvalue weighted by atomic mass is 9.99. The highest BCUT2D eigenvalue weighted by Gasteiger charge is 2.14. The molecule has 1 heterocycles. The maximum atomic E-state index is 11.3. The summed E-state index contributed by atoms with van der Waals surface area (Å²) in [5, 5.41) is 5.70. The summed E-state index contributed by atoms with van der Waals surface area (Å²) >= 11 is 0. The number of rotatable bonds is 6. The summed E-state index contributed by atoms with van der Waals surface area (Å²) in [4.78, 5) is 13.8. The number of likely N-dealkylation sites (tertiary alicyclic amines) is 1. The van der Waals surface area contributed by atoms with Crippen LogP contribution in [0.15, 0.2) is 0 Å². The fourth-order valence-corrected chi connectivity index (χ4v) is 2.09. The summed E-state index contributed by atoms with van der Waals surface area (Å²) in [6, 6.07) is -0.0286. The Morgan fingerprint density at radius 2 is 1.88 bits per heavy atom. The van der Waals surface area contributed by atoms with Gasteiger partial charge in [-0.1, -0.05) is 13.8 Å². The van der Waals surface area contributed by atoms with Gasteiger partial charge < -0.3 is 15.5 Å². The van der Waals surface area contributed by atoms with E-state index >= 15 is 0 Å². The van der Waals surface area contributed by atoms with Crippen LogP contribution in [-0.2, 0) is 0 Å². The number of carbonyl (C=O) groups is 1. The van der Waals surface area contributed by atoms with Gasteiger partial charge in [0.05, 0.1) is 0 Å². The maximum absolute atomic E-state index is 11.3. The van der Waals surface area contributed by atoms with Crippen LogP contribution in [0.5, 0.6) is 0 Å². The summed E-state index contributed by atoms with van der Waals surface area (Å²) in [7, 11) is 0. The number of nitrogens with zero attached hydrogens (tertiary/aromatic N) is 1. The fraction of sp³-hybridized carbons (Fsp3) is 0.923. The fourth-order valence-electron chi connectivity index (χ4n) is 2.09. The van der Waals surface area contributed by atoms with Gasteiger partial charge >= 0.3 is 6.03 Å². The lowest BCUT2D eigenvalue weighted by Crippen LogP contribution is -2.38. The summed E-state index contributed by atoms with van der Waals surface area (Å²) < 4.78 is 0. The monoisotopic (exact) mass is 241 g/mol. The van der Waals surface area contributed by atoms with E-state index in [1.165, 1.54) is 25.9 Å². The van der Waals surface area contributed by atoms with Gasteiger partial charge in [-0.15, -0.1) is 0 Å². The van der Waals surface area contributed by atoms with Crippen LogP contribution in [0.2, 0.25) is 0 Å². The first kappa shape index (κ1) is 14.3. The van der Waals surface area contributed by atoms with Crippen LogP contribution in [0.1, 0.15) is 39.5 Å². The van der Waals surface area contributed by atoms with Crippen LogP contribution in [0, 0.1) is 5.92 Å². The van der Waals surface area contributed by atoms with Gasteiger partial charge in [0.25, 0.3) is 0 Å². The van der Waals surface area contributed by atoms with Gasteiger partial charge in [-0.2, -0.15) is 0 Å². The average molecular weight is 241 g/mol. The van der Waals surface area contributed by atoms with E-state index in [4.69, 9.17) is 0 Å². The molecule has 0 spiro atoms. The molecule has 4 nitrogen and oxygen atoms in total. The van der Waals surface area contributed by atoms with Crippen molar-refractivity contribution in [3.63, 3.8) is 0 Å². The molecule has 0 aromatic carbocycles. The second-order valence-electron chi connectivity index (χ2n) is 5.06. The van der Waals surface area contributed by atoms with Gasteiger partial charge in [-0.3, -0.25) is 0 Å². The van der Waals surface area contributed by atoms with Crippen LogP contribution in [0.4, 0.5) is 4.79 Å². The zero-order valence-corrected chi connectivity index (χ0v) is 11.3. The first-order valence-electron chi connectivity index (χ1n) is 6.96. The summed E-state index contributed by atoms with van der Waals surface area (Å²) in [6.07, 6.45) is 4.68. The molecule has 2 amide bonds. The Morgan fingerprint density at radius 3 is 2.53 bits per heavy atom. The zero-order chi connectivity index (χ0) is 12.5. The minimum atomic E-state index is -0.0286. The Morgan fingerprint density at radius 1 is 1.24 bits per heavy atom. The molecule has 0 bridgehead atoms. The van der Waals surface area contributed by atoms with Crippen molar-refractivity contribution >= 4 is 6.03 Å². The quantitative estimate of drug-likeness (QED) is 0.697.